The minimum atomic E-state index is 0.829. The molecule has 0 radical (unpaired) electrons. The molecule has 0 aliphatic heterocycles. The summed E-state index contributed by atoms with van der Waals surface area (Å²) in [5.41, 5.74) is 1.05. The van der Waals surface area contributed by atoms with E-state index in [1.807, 2.05) is 47.3 Å². The van der Waals surface area contributed by atoms with E-state index in [1.54, 1.807) is 6.20 Å². The third-order valence-electron chi connectivity index (χ3n) is 2.40. The van der Waals surface area contributed by atoms with E-state index in [4.69, 9.17) is 0 Å². The Hall–Kier alpha value is -1.68. The molecule has 0 aliphatic carbocycles. The van der Waals surface area contributed by atoms with Crippen LogP contribution in [0.2, 0.25) is 0 Å². The molecule has 0 unspecified atom stereocenters. The van der Waals surface area contributed by atoms with E-state index in [9.17, 15) is 0 Å². The van der Waals surface area contributed by atoms with Crippen LogP contribution in [0, 0.1) is 0 Å². The number of nitrogens with zero attached hydrogens (tertiary/aromatic N) is 3. The van der Waals surface area contributed by atoms with Gasteiger partial charge in [-0.3, -0.25) is 0 Å². The van der Waals surface area contributed by atoms with Gasteiger partial charge in [0.2, 0.25) is 0 Å². The Kier molecular flexibility index (Phi) is 2.22. The van der Waals surface area contributed by atoms with Crippen LogP contribution in [0.25, 0.3) is 16.7 Å². The van der Waals surface area contributed by atoms with Crippen LogP contribution in [0.15, 0.2) is 53.3 Å². The highest BCUT2D eigenvalue weighted by molar-refractivity contribution is 9.10. The summed E-state index contributed by atoms with van der Waals surface area (Å²) in [6, 6.07) is 11.9. The molecule has 4 heteroatoms. The first-order valence-electron chi connectivity index (χ1n) is 4.89. The maximum absolute atomic E-state index is 4.34. The summed E-state index contributed by atoms with van der Waals surface area (Å²) in [5, 5.41) is 5.45. The van der Waals surface area contributed by atoms with Crippen molar-refractivity contribution in [1.29, 1.82) is 0 Å². The molecule has 0 fully saturated rings. The molecule has 0 saturated carbocycles. The Bertz CT molecular complexity index is 631. The summed E-state index contributed by atoms with van der Waals surface area (Å²) in [6.45, 7) is 0. The molecule has 2 aromatic heterocycles. The van der Waals surface area contributed by atoms with Crippen molar-refractivity contribution in [2.75, 3.05) is 0 Å². The van der Waals surface area contributed by atoms with Crippen molar-refractivity contribution in [3.05, 3.63) is 53.3 Å². The lowest BCUT2D eigenvalue weighted by Crippen LogP contribution is -1.97. The fourth-order valence-electron chi connectivity index (χ4n) is 1.65. The molecular weight excluding hydrogens is 266 g/mol. The van der Waals surface area contributed by atoms with Gasteiger partial charge in [-0.2, -0.15) is 5.10 Å². The first-order chi connectivity index (χ1) is 7.84. The third-order valence-corrected chi connectivity index (χ3v) is 2.89. The van der Waals surface area contributed by atoms with Gasteiger partial charge in [0, 0.05) is 16.1 Å². The van der Waals surface area contributed by atoms with Crippen molar-refractivity contribution in [1.82, 2.24) is 14.8 Å². The molecule has 0 spiro atoms. The summed E-state index contributed by atoms with van der Waals surface area (Å²) >= 11 is 3.46. The number of hydrogen-bond donors (Lipinski definition) is 0. The largest absolute Gasteiger partial charge is 0.237 e. The summed E-state index contributed by atoms with van der Waals surface area (Å²) in [5.74, 6) is 0.829. The monoisotopic (exact) mass is 273 g/mol. The van der Waals surface area contributed by atoms with Crippen LogP contribution in [0.5, 0.6) is 0 Å². The highest BCUT2D eigenvalue weighted by Crippen LogP contribution is 2.21. The van der Waals surface area contributed by atoms with Gasteiger partial charge in [0.05, 0.1) is 11.7 Å². The van der Waals surface area contributed by atoms with Gasteiger partial charge < -0.3 is 0 Å². The number of benzene rings is 1. The second-order valence-corrected chi connectivity index (χ2v) is 4.36. The third kappa shape index (κ3) is 1.51. The van der Waals surface area contributed by atoms with Crippen LogP contribution in [0.1, 0.15) is 0 Å². The predicted octanol–water partition coefficient (Wildman–Crippen LogP) is 3.18. The standard InChI is InChI=1S/C12H8BrN3/c13-10-5-4-9-8-15-16(11(9)7-10)12-3-1-2-6-14-12/h1-8H. The van der Waals surface area contributed by atoms with Crippen molar-refractivity contribution in [3.63, 3.8) is 0 Å². The molecule has 0 bridgehead atoms. The van der Waals surface area contributed by atoms with E-state index in [0.29, 0.717) is 0 Å². The number of hydrogen-bond acceptors (Lipinski definition) is 2. The minimum Gasteiger partial charge on any atom is -0.237 e. The van der Waals surface area contributed by atoms with Crippen molar-refractivity contribution in [2.45, 2.75) is 0 Å². The fourth-order valence-corrected chi connectivity index (χ4v) is 2.00. The minimum absolute atomic E-state index is 0.829. The lowest BCUT2D eigenvalue weighted by atomic mass is 10.2. The zero-order chi connectivity index (χ0) is 11.0. The summed E-state index contributed by atoms with van der Waals surface area (Å²) in [6.07, 6.45) is 3.61. The zero-order valence-corrected chi connectivity index (χ0v) is 9.92. The average molecular weight is 274 g/mol. The molecule has 16 heavy (non-hydrogen) atoms. The van der Waals surface area contributed by atoms with E-state index in [2.05, 4.69) is 26.0 Å². The topological polar surface area (TPSA) is 30.7 Å². The van der Waals surface area contributed by atoms with Gasteiger partial charge in [0.1, 0.15) is 0 Å². The SMILES string of the molecule is Brc1ccc2cnn(-c3ccccn3)c2c1. The first-order valence-corrected chi connectivity index (χ1v) is 5.68. The smallest absolute Gasteiger partial charge is 0.153 e. The Morgan fingerprint density at radius 3 is 2.88 bits per heavy atom. The molecule has 3 aromatic rings. The molecule has 0 atom stereocenters. The van der Waals surface area contributed by atoms with Gasteiger partial charge in [-0.25, -0.2) is 9.67 Å². The Morgan fingerprint density at radius 1 is 1.12 bits per heavy atom. The van der Waals surface area contributed by atoms with Crippen LogP contribution in [-0.4, -0.2) is 14.8 Å². The van der Waals surface area contributed by atoms with Crippen LogP contribution < -0.4 is 0 Å². The number of pyridine rings is 1. The number of rotatable bonds is 1. The molecule has 0 N–H and O–H groups in total. The first kappa shape index (κ1) is 9.54. The molecule has 1 aromatic carbocycles. The Morgan fingerprint density at radius 2 is 2.06 bits per heavy atom. The summed E-state index contributed by atoms with van der Waals surface area (Å²) in [4.78, 5) is 4.29. The Balaban J connectivity index is 2.29. The molecule has 0 aliphatic rings. The van der Waals surface area contributed by atoms with Crippen molar-refractivity contribution in [3.8, 4) is 5.82 Å². The maximum Gasteiger partial charge on any atom is 0.153 e. The predicted molar refractivity (Wildman–Crippen MR) is 66.6 cm³/mol. The average Bonchev–Trinajstić information content (AvgIpc) is 2.73. The lowest BCUT2D eigenvalue weighted by Gasteiger charge is -2.01. The highest BCUT2D eigenvalue weighted by atomic mass is 79.9. The van der Waals surface area contributed by atoms with Crippen LogP contribution in [-0.2, 0) is 0 Å². The van der Waals surface area contributed by atoms with Gasteiger partial charge in [-0.05, 0) is 24.3 Å². The van der Waals surface area contributed by atoms with Crippen LogP contribution >= 0.6 is 15.9 Å². The molecular formula is C12H8BrN3. The summed E-state index contributed by atoms with van der Waals surface area (Å²) in [7, 11) is 0. The van der Waals surface area contributed by atoms with Gasteiger partial charge in [0.25, 0.3) is 0 Å². The molecule has 3 nitrogen and oxygen atoms in total. The molecule has 78 valence electrons. The van der Waals surface area contributed by atoms with Crippen molar-refractivity contribution < 1.29 is 0 Å². The number of fused-ring (bicyclic) bond motifs is 1. The maximum atomic E-state index is 4.34. The van der Waals surface area contributed by atoms with Gasteiger partial charge in [-0.15, -0.1) is 0 Å². The number of aromatic nitrogens is 3. The van der Waals surface area contributed by atoms with E-state index >= 15 is 0 Å². The van der Waals surface area contributed by atoms with Crippen molar-refractivity contribution >= 4 is 26.8 Å². The van der Waals surface area contributed by atoms with Gasteiger partial charge in [0.15, 0.2) is 5.82 Å². The molecule has 3 rings (SSSR count). The quantitative estimate of drug-likeness (QED) is 0.682. The molecule has 0 amide bonds. The van der Waals surface area contributed by atoms with Crippen LogP contribution in [0.4, 0.5) is 0 Å². The van der Waals surface area contributed by atoms with Gasteiger partial charge >= 0.3 is 0 Å². The fraction of sp³-hybridized carbons (Fsp3) is 0. The molecule has 0 saturated heterocycles. The zero-order valence-electron chi connectivity index (χ0n) is 8.34. The van der Waals surface area contributed by atoms with E-state index in [1.165, 1.54) is 0 Å². The number of halogens is 1. The normalized spacial score (nSPS) is 10.8. The lowest BCUT2D eigenvalue weighted by molar-refractivity contribution is 0.874. The van der Waals surface area contributed by atoms with E-state index in [-0.39, 0.29) is 0 Å². The molecule has 2 heterocycles. The second-order valence-electron chi connectivity index (χ2n) is 3.45. The second kappa shape index (κ2) is 3.72. The van der Waals surface area contributed by atoms with E-state index in [0.717, 1.165) is 21.2 Å². The Labute approximate surface area is 101 Å². The van der Waals surface area contributed by atoms with E-state index < -0.39 is 0 Å². The van der Waals surface area contributed by atoms with Crippen LogP contribution in [0.3, 0.4) is 0 Å². The van der Waals surface area contributed by atoms with Crippen molar-refractivity contribution in [2.24, 2.45) is 0 Å². The summed E-state index contributed by atoms with van der Waals surface area (Å²) < 4.78 is 2.87. The highest BCUT2D eigenvalue weighted by Gasteiger charge is 2.05. The van der Waals surface area contributed by atoms with Gasteiger partial charge in [-0.1, -0.05) is 28.1 Å².